The fraction of sp³-hybridized carbons (Fsp3) is 0.244. The summed E-state index contributed by atoms with van der Waals surface area (Å²) in [5, 5.41) is 7.68. The van der Waals surface area contributed by atoms with Crippen molar-refractivity contribution < 1.29 is 24.0 Å². The third-order valence-electron chi connectivity index (χ3n) is 11.5. The van der Waals surface area contributed by atoms with E-state index in [4.69, 9.17) is 21.6 Å². The molecule has 1 fully saturated rings. The van der Waals surface area contributed by atoms with Gasteiger partial charge in [0.2, 0.25) is 17.7 Å². The molecule has 3 aromatic carbocycles. The molecular formula is C45H39ClN8O5. The Labute approximate surface area is 344 Å². The number of aromatic nitrogens is 4. The van der Waals surface area contributed by atoms with E-state index in [1.807, 2.05) is 53.6 Å². The summed E-state index contributed by atoms with van der Waals surface area (Å²) in [4.78, 5) is 81.0. The molecule has 2 N–H and O–H groups in total. The van der Waals surface area contributed by atoms with Crippen LogP contribution in [0.1, 0.15) is 70.2 Å². The smallest absolute Gasteiger partial charge is 0.270 e. The number of imide groups is 1. The van der Waals surface area contributed by atoms with Crippen molar-refractivity contribution in [3.8, 4) is 33.6 Å². The summed E-state index contributed by atoms with van der Waals surface area (Å²) in [6, 6.07) is 21.8. The molecule has 0 spiro atoms. The summed E-state index contributed by atoms with van der Waals surface area (Å²) in [7, 11) is 0. The van der Waals surface area contributed by atoms with E-state index in [9.17, 15) is 24.0 Å². The maximum absolute atomic E-state index is 13.4. The van der Waals surface area contributed by atoms with Gasteiger partial charge in [-0.15, -0.1) is 0 Å². The van der Waals surface area contributed by atoms with E-state index in [1.165, 1.54) is 4.90 Å². The number of imidazole rings is 1. The van der Waals surface area contributed by atoms with Crippen molar-refractivity contribution >= 4 is 51.9 Å². The van der Waals surface area contributed by atoms with E-state index in [0.717, 1.165) is 74.3 Å². The minimum atomic E-state index is -0.721. The average molecular weight is 807 g/mol. The SMILES string of the molecule is CCc1nc(-c2cccc3cc(-c4ccc(C(=O)NCc5cc(Cl)cc(-c6cccc7c6CN(C6CCC(=O)NC6=O)C7=O)c5)nc4)ncc23)c2n1CCN(C(C)=O)C2. The Kier molecular flexibility index (Phi) is 9.76. The topological polar surface area (TPSA) is 159 Å². The van der Waals surface area contributed by atoms with Crippen LogP contribution in [0.2, 0.25) is 5.02 Å². The Hall–Kier alpha value is -6.73. The molecule has 3 aromatic heterocycles. The number of fused-ring (bicyclic) bond motifs is 3. The number of pyridine rings is 2. The Bertz CT molecular complexity index is 2750. The number of carbonyl (C=O) groups is 5. The lowest BCUT2D eigenvalue weighted by atomic mass is 9.95. The first-order valence-electron chi connectivity index (χ1n) is 19.6. The molecule has 3 aliphatic rings. The number of benzene rings is 3. The van der Waals surface area contributed by atoms with Crippen LogP contribution in [-0.2, 0) is 47.0 Å². The molecule has 14 heteroatoms. The van der Waals surface area contributed by atoms with Crippen LogP contribution in [0, 0.1) is 0 Å². The van der Waals surface area contributed by atoms with Crippen LogP contribution >= 0.6 is 11.6 Å². The van der Waals surface area contributed by atoms with E-state index in [0.29, 0.717) is 29.4 Å². The maximum atomic E-state index is 13.4. The third kappa shape index (κ3) is 7.01. The standard InChI is InChI=1S/C45H39ClN8O5/c1-3-40-50-42(39-24-52(25(2)55)14-15-53(39)40)32-8-4-6-27-19-37(48-22-34(27)32)28-10-11-36(47-21-28)43(57)49-20-26-16-29(18-30(46)17-26)31-7-5-9-33-35(31)23-54(45(33)59)38-12-13-41(56)51-44(38)58/h4-11,16-19,21-22,38H,3,12-15,20,23-24H2,1-2H3,(H,49,57)(H,51,56,58). The summed E-state index contributed by atoms with van der Waals surface area (Å²) >= 11 is 6.59. The molecule has 13 nitrogen and oxygen atoms in total. The van der Waals surface area contributed by atoms with Crippen molar-refractivity contribution in [2.24, 2.45) is 0 Å². The van der Waals surface area contributed by atoms with Gasteiger partial charge in [0.05, 0.1) is 23.6 Å². The van der Waals surface area contributed by atoms with Gasteiger partial charge < -0.3 is 19.7 Å². The first-order chi connectivity index (χ1) is 28.6. The summed E-state index contributed by atoms with van der Waals surface area (Å²) in [5.74, 6) is -0.368. The predicted octanol–water partition coefficient (Wildman–Crippen LogP) is 6.10. The number of nitrogens with zero attached hydrogens (tertiary/aromatic N) is 6. The van der Waals surface area contributed by atoms with Gasteiger partial charge in [-0.25, -0.2) is 4.98 Å². The molecule has 1 unspecified atom stereocenters. The van der Waals surface area contributed by atoms with Gasteiger partial charge in [0.15, 0.2) is 0 Å². The minimum absolute atomic E-state index is 0.0494. The highest BCUT2D eigenvalue weighted by Gasteiger charge is 2.40. The Balaban J connectivity index is 0.900. The second-order valence-electron chi connectivity index (χ2n) is 15.1. The third-order valence-corrected chi connectivity index (χ3v) is 11.7. The number of piperidine rings is 1. The number of rotatable bonds is 8. The Morgan fingerprint density at radius 2 is 1.71 bits per heavy atom. The van der Waals surface area contributed by atoms with Gasteiger partial charge in [0, 0.05) is 85.4 Å². The molecule has 0 bridgehead atoms. The first kappa shape index (κ1) is 37.8. The number of hydrogen-bond donors (Lipinski definition) is 2. The number of hydrogen-bond acceptors (Lipinski definition) is 8. The summed E-state index contributed by atoms with van der Waals surface area (Å²) in [6.45, 7) is 5.99. The molecule has 5 amide bonds. The molecular weight excluding hydrogens is 768 g/mol. The highest BCUT2D eigenvalue weighted by Crippen LogP contribution is 2.37. The van der Waals surface area contributed by atoms with Crippen LogP contribution in [0.5, 0.6) is 0 Å². The van der Waals surface area contributed by atoms with E-state index < -0.39 is 11.9 Å². The van der Waals surface area contributed by atoms with Gasteiger partial charge >= 0.3 is 0 Å². The van der Waals surface area contributed by atoms with Crippen LogP contribution in [0.15, 0.2) is 85.2 Å². The largest absolute Gasteiger partial charge is 0.347 e. The molecule has 0 aliphatic carbocycles. The molecule has 0 saturated carbocycles. The van der Waals surface area contributed by atoms with Gasteiger partial charge in [0.25, 0.3) is 11.8 Å². The van der Waals surface area contributed by atoms with Crippen molar-refractivity contribution in [2.45, 2.75) is 65.3 Å². The van der Waals surface area contributed by atoms with Crippen molar-refractivity contribution in [2.75, 3.05) is 6.54 Å². The van der Waals surface area contributed by atoms with Crippen molar-refractivity contribution in [3.05, 3.63) is 124 Å². The molecule has 6 aromatic rings. The zero-order valence-electron chi connectivity index (χ0n) is 32.4. The molecule has 0 radical (unpaired) electrons. The van der Waals surface area contributed by atoms with Crippen LogP contribution in [-0.4, -0.2) is 71.4 Å². The Morgan fingerprint density at radius 1 is 0.898 bits per heavy atom. The zero-order chi connectivity index (χ0) is 40.9. The fourth-order valence-corrected chi connectivity index (χ4v) is 8.71. The monoisotopic (exact) mass is 806 g/mol. The normalized spacial score (nSPS) is 16.3. The summed E-state index contributed by atoms with van der Waals surface area (Å²) < 4.78 is 2.24. The van der Waals surface area contributed by atoms with E-state index in [1.54, 1.807) is 43.5 Å². The lowest BCUT2D eigenvalue weighted by Crippen LogP contribution is -2.52. The van der Waals surface area contributed by atoms with Gasteiger partial charge in [0.1, 0.15) is 17.6 Å². The highest BCUT2D eigenvalue weighted by molar-refractivity contribution is 6.31. The molecule has 296 valence electrons. The van der Waals surface area contributed by atoms with E-state index >= 15 is 0 Å². The Morgan fingerprint density at radius 3 is 2.49 bits per heavy atom. The number of nitrogens with one attached hydrogen (secondary N) is 2. The molecule has 59 heavy (non-hydrogen) atoms. The average Bonchev–Trinajstić information content (AvgIpc) is 3.79. The minimum Gasteiger partial charge on any atom is -0.347 e. The molecule has 3 aliphatic heterocycles. The quantitative estimate of drug-likeness (QED) is 0.175. The lowest BCUT2D eigenvalue weighted by Gasteiger charge is -2.29. The van der Waals surface area contributed by atoms with Crippen LogP contribution in [0.4, 0.5) is 0 Å². The summed E-state index contributed by atoms with van der Waals surface area (Å²) in [6.07, 6.45) is 4.72. The van der Waals surface area contributed by atoms with Gasteiger partial charge in [-0.3, -0.25) is 39.3 Å². The van der Waals surface area contributed by atoms with Crippen LogP contribution in [0.3, 0.4) is 0 Å². The highest BCUT2D eigenvalue weighted by atomic mass is 35.5. The van der Waals surface area contributed by atoms with Gasteiger partial charge in [-0.05, 0) is 76.5 Å². The number of amides is 5. The fourth-order valence-electron chi connectivity index (χ4n) is 8.45. The van der Waals surface area contributed by atoms with Crippen molar-refractivity contribution in [3.63, 3.8) is 0 Å². The maximum Gasteiger partial charge on any atom is 0.270 e. The number of aryl methyl sites for hydroxylation is 1. The van der Waals surface area contributed by atoms with E-state index in [-0.39, 0.29) is 55.3 Å². The lowest BCUT2D eigenvalue weighted by molar-refractivity contribution is -0.137. The van der Waals surface area contributed by atoms with Crippen LogP contribution in [0.25, 0.3) is 44.4 Å². The summed E-state index contributed by atoms with van der Waals surface area (Å²) in [5.41, 5.74) is 8.15. The molecule has 1 saturated heterocycles. The molecule has 6 heterocycles. The number of halogens is 1. The predicted molar refractivity (Wildman–Crippen MR) is 221 cm³/mol. The van der Waals surface area contributed by atoms with Gasteiger partial charge in [-0.2, -0.15) is 0 Å². The van der Waals surface area contributed by atoms with Crippen molar-refractivity contribution in [1.29, 1.82) is 0 Å². The second kappa shape index (κ2) is 15.2. The van der Waals surface area contributed by atoms with Crippen molar-refractivity contribution in [1.82, 2.24) is 40.0 Å². The first-order valence-corrected chi connectivity index (χ1v) is 20.0. The number of carbonyl (C=O) groups excluding carboxylic acids is 5. The van der Waals surface area contributed by atoms with E-state index in [2.05, 4.69) is 27.1 Å². The molecule has 1 atom stereocenters. The van der Waals surface area contributed by atoms with Crippen LogP contribution < -0.4 is 10.6 Å². The second-order valence-corrected chi connectivity index (χ2v) is 15.5. The zero-order valence-corrected chi connectivity index (χ0v) is 33.2. The van der Waals surface area contributed by atoms with Gasteiger partial charge in [-0.1, -0.05) is 48.9 Å². The molecule has 9 rings (SSSR count).